The number of amides is 1. The maximum atomic E-state index is 14.7. The Kier molecular flexibility index (Phi) is 5.92. The molecule has 37 heavy (non-hydrogen) atoms. The zero-order chi connectivity index (χ0) is 26.4. The molecule has 1 aliphatic rings. The number of aromatic nitrogens is 5. The van der Waals surface area contributed by atoms with Crippen LogP contribution >= 0.6 is 0 Å². The van der Waals surface area contributed by atoms with Crippen molar-refractivity contribution in [2.24, 2.45) is 7.05 Å². The number of hydrogen-bond acceptors (Lipinski definition) is 7. The number of aryl methyl sites for hydroxylation is 2. The van der Waals surface area contributed by atoms with Crippen LogP contribution in [0.1, 0.15) is 29.9 Å². The highest BCUT2D eigenvalue weighted by molar-refractivity contribution is 5.91. The summed E-state index contributed by atoms with van der Waals surface area (Å²) in [4.78, 5) is 20.9. The van der Waals surface area contributed by atoms with Gasteiger partial charge in [0.15, 0.2) is 11.6 Å². The van der Waals surface area contributed by atoms with Gasteiger partial charge in [-0.15, -0.1) is 0 Å². The van der Waals surface area contributed by atoms with Crippen molar-refractivity contribution in [1.29, 1.82) is 0 Å². The van der Waals surface area contributed by atoms with E-state index in [4.69, 9.17) is 4.52 Å². The van der Waals surface area contributed by atoms with Crippen molar-refractivity contribution in [1.82, 2.24) is 24.9 Å². The topological polar surface area (TPSA) is 111 Å². The summed E-state index contributed by atoms with van der Waals surface area (Å²) in [7, 11) is 1.79. The molecular weight excluding hydrogens is 494 g/mol. The fraction of sp³-hybridized carbons (Fsp3) is 0.292. The highest BCUT2D eigenvalue weighted by atomic mass is 19.4. The molecule has 2 N–H and O–H groups in total. The van der Waals surface area contributed by atoms with Gasteiger partial charge < -0.3 is 15.2 Å². The van der Waals surface area contributed by atoms with Crippen LogP contribution in [0.15, 0.2) is 47.2 Å². The van der Waals surface area contributed by atoms with E-state index in [1.165, 1.54) is 24.5 Å². The molecule has 192 valence electrons. The SMILES string of the molecule is Cc1cc(Nc2ncc(-c3ccc(CC(=O)Nc4cc(C5(C(F)(F)F)CC5)on4)c(F)c3)cn2)n(C)n1. The number of rotatable bonds is 7. The molecular formula is C24H21F4N7O2. The second-order valence-electron chi connectivity index (χ2n) is 8.90. The maximum absolute atomic E-state index is 14.7. The maximum Gasteiger partial charge on any atom is 0.401 e. The minimum atomic E-state index is -4.46. The van der Waals surface area contributed by atoms with E-state index >= 15 is 0 Å². The smallest absolute Gasteiger partial charge is 0.358 e. The van der Waals surface area contributed by atoms with Gasteiger partial charge in [0.2, 0.25) is 11.9 Å². The first-order chi connectivity index (χ1) is 17.5. The molecule has 1 amide bonds. The molecule has 4 aromatic rings. The van der Waals surface area contributed by atoms with Gasteiger partial charge in [-0.2, -0.15) is 18.3 Å². The zero-order valence-corrected chi connectivity index (χ0v) is 19.7. The predicted octanol–water partition coefficient (Wildman–Crippen LogP) is 4.83. The third-order valence-corrected chi connectivity index (χ3v) is 6.17. The van der Waals surface area contributed by atoms with Crippen LogP contribution in [0.2, 0.25) is 0 Å². The molecule has 0 atom stereocenters. The molecule has 5 rings (SSSR count). The van der Waals surface area contributed by atoms with Gasteiger partial charge in [0, 0.05) is 37.1 Å². The van der Waals surface area contributed by atoms with Crippen LogP contribution in [0, 0.1) is 12.7 Å². The second-order valence-corrected chi connectivity index (χ2v) is 8.90. The first kappa shape index (κ1) is 24.4. The van der Waals surface area contributed by atoms with Crippen LogP contribution < -0.4 is 10.6 Å². The number of halogens is 4. The lowest BCUT2D eigenvalue weighted by Crippen LogP contribution is -2.28. The molecule has 3 heterocycles. The van der Waals surface area contributed by atoms with Gasteiger partial charge >= 0.3 is 6.18 Å². The van der Waals surface area contributed by atoms with E-state index in [2.05, 4.69) is 30.9 Å². The van der Waals surface area contributed by atoms with Gasteiger partial charge in [-0.05, 0) is 37.0 Å². The molecule has 9 nitrogen and oxygen atoms in total. The molecule has 3 aromatic heterocycles. The lowest BCUT2D eigenvalue weighted by Gasteiger charge is -2.14. The molecule has 1 aromatic carbocycles. The van der Waals surface area contributed by atoms with Crippen LogP contribution in [-0.4, -0.2) is 37.0 Å². The Labute approximate surface area is 207 Å². The van der Waals surface area contributed by atoms with Gasteiger partial charge in [-0.25, -0.2) is 14.4 Å². The van der Waals surface area contributed by atoms with E-state index in [0.29, 0.717) is 22.9 Å². The van der Waals surface area contributed by atoms with Crippen LogP contribution in [0.3, 0.4) is 0 Å². The lowest BCUT2D eigenvalue weighted by atomic mass is 10.0. The van der Waals surface area contributed by atoms with Gasteiger partial charge in [-0.3, -0.25) is 9.48 Å². The van der Waals surface area contributed by atoms with Crippen LogP contribution in [-0.2, 0) is 23.7 Å². The van der Waals surface area contributed by atoms with Gasteiger partial charge in [0.1, 0.15) is 17.1 Å². The number of benzene rings is 1. The molecule has 13 heteroatoms. The molecule has 1 aliphatic carbocycles. The zero-order valence-electron chi connectivity index (χ0n) is 19.7. The first-order valence-electron chi connectivity index (χ1n) is 11.3. The number of carbonyl (C=O) groups is 1. The largest absolute Gasteiger partial charge is 0.401 e. The standard InChI is InChI=1S/C24H21F4N7O2/c1-13-7-20(35(2)33-13)32-22-29-11-16(12-30-22)14-3-4-15(17(25)8-14)9-21(36)31-19-10-18(37-34-19)23(5-6-23)24(26,27)28/h3-4,7-8,10-12H,5-6,9H2,1-2H3,(H,29,30,32)(H,31,34,36). The van der Waals surface area contributed by atoms with Crippen molar-refractivity contribution < 1.29 is 26.9 Å². The molecule has 1 saturated carbocycles. The minimum Gasteiger partial charge on any atom is -0.358 e. The molecule has 0 radical (unpaired) electrons. The van der Waals surface area contributed by atoms with E-state index in [0.717, 1.165) is 11.8 Å². The first-order valence-corrected chi connectivity index (χ1v) is 11.3. The number of hydrogen-bond donors (Lipinski definition) is 2. The Bertz CT molecular complexity index is 1460. The van der Waals surface area contributed by atoms with Gasteiger partial charge in [0.25, 0.3) is 0 Å². The summed E-state index contributed by atoms with van der Waals surface area (Å²) in [6.45, 7) is 1.86. The number of nitrogens with one attached hydrogen (secondary N) is 2. The van der Waals surface area contributed by atoms with Crippen molar-refractivity contribution >= 4 is 23.5 Å². The van der Waals surface area contributed by atoms with E-state index in [1.807, 2.05) is 13.0 Å². The van der Waals surface area contributed by atoms with Crippen molar-refractivity contribution in [3.05, 3.63) is 65.6 Å². The highest BCUT2D eigenvalue weighted by Crippen LogP contribution is 2.59. The van der Waals surface area contributed by atoms with Crippen molar-refractivity contribution in [2.75, 3.05) is 10.6 Å². The third-order valence-electron chi connectivity index (χ3n) is 6.17. The van der Waals surface area contributed by atoms with E-state index < -0.39 is 23.3 Å². The van der Waals surface area contributed by atoms with Crippen molar-refractivity contribution in [3.8, 4) is 11.1 Å². The number of anilines is 3. The summed E-state index contributed by atoms with van der Waals surface area (Å²) in [5.74, 6) is -0.709. The monoisotopic (exact) mass is 515 g/mol. The Morgan fingerprint density at radius 2 is 1.86 bits per heavy atom. The summed E-state index contributed by atoms with van der Waals surface area (Å²) < 4.78 is 60.9. The Morgan fingerprint density at radius 3 is 2.46 bits per heavy atom. The normalized spacial score (nSPS) is 14.4. The second kappa shape index (κ2) is 8.98. The highest BCUT2D eigenvalue weighted by Gasteiger charge is 2.66. The average molecular weight is 515 g/mol. The minimum absolute atomic E-state index is 0.0923. The Hall–Kier alpha value is -4.29. The summed E-state index contributed by atoms with van der Waals surface area (Å²) in [5, 5.41) is 13.1. The third kappa shape index (κ3) is 4.88. The van der Waals surface area contributed by atoms with E-state index in [9.17, 15) is 22.4 Å². The van der Waals surface area contributed by atoms with Crippen LogP contribution in [0.5, 0.6) is 0 Å². The molecule has 1 fully saturated rings. The average Bonchev–Trinajstić information content (AvgIpc) is 3.44. The van der Waals surface area contributed by atoms with Gasteiger partial charge in [0.05, 0.1) is 12.1 Å². The lowest BCUT2D eigenvalue weighted by molar-refractivity contribution is -0.165. The van der Waals surface area contributed by atoms with Gasteiger partial charge in [-0.1, -0.05) is 17.3 Å². The molecule has 0 saturated heterocycles. The van der Waals surface area contributed by atoms with E-state index in [-0.39, 0.29) is 36.4 Å². The van der Waals surface area contributed by atoms with Crippen LogP contribution in [0.25, 0.3) is 11.1 Å². The molecule has 0 aliphatic heterocycles. The van der Waals surface area contributed by atoms with E-state index in [1.54, 1.807) is 17.8 Å². The van der Waals surface area contributed by atoms with Crippen molar-refractivity contribution in [2.45, 2.75) is 37.8 Å². The Morgan fingerprint density at radius 1 is 1.14 bits per heavy atom. The molecule has 0 bridgehead atoms. The van der Waals surface area contributed by atoms with Crippen molar-refractivity contribution in [3.63, 3.8) is 0 Å². The molecule has 0 unspecified atom stereocenters. The number of nitrogens with zero attached hydrogens (tertiary/aromatic N) is 5. The fourth-order valence-corrected chi connectivity index (χ4v) is 3.97. The number of carbonyl (C=O) groups excluding carboxylic acids is 1. The summed E-state index contributed by atoms with van der Waals surface area (Å²) >= 11 is 0. The quantitative estimate of drug-likeness (QED) is 0.339. The fourth-order valence-electron chi connectivity index (χ4n) is 3.97. The number of alkyl halides is 3. The summed E-state index contributed by atoms with van der Waals surface area (Å²) in [6, 6.07) is 7.23. The predicted molar refractivity (Wildman–Crippen MR) is 124 cm³/mol. The summed E-state index contributed by atoms with van der Waals surface area (Å²) in [6.07, 6.45) is -1.91. The Balaban J connectivity index is 1.22. The molecule has 0 spiro atoms. The van der Waals surface area contributed by atoms with Crippen LogP contribution in [0.4, 0.5) is 35.1 Å². The summed E-state index contributed by atoms with van der Waals surface area (Å²) in [5.41, 5.74) is -0.0296.